The van der Waals surface area contributed by atoms with Gasteiger partial charge in [-0.2, -0.15) is 24.8 Å². The molecule has 65 heavy (non-hydrogen) atoms. The van der Waals surface area contributed by atoms with Crippen molar-refractivity contribution >= 4 is 0 Å². The SMILES string of the molecule is C1=CC(c2ccccn2)[CH-]N1.Cc1ccc(-c2[c-]cc(F)c(-c3cc(C)cc(C(F)(F)F)c3)c2F)nc1.Fc1ccnc(-c2[c-]ccnc2)c1.[Ir].[Ir].[Ir].[Ir].[c-]1c[nH]cc1-c1ccccn1. The van der Waals surface area contributed by atoms with Crippen LogP contribution in [0.4, 0.5) is 26.3 Å². The molecule has 7 nitrogen and oxygen atoms in total. The predicted molar refractivity (Wildman–Crippen MR) is 221 cm³/mol. The molecule has 1 atom stereocenters. The zero-order chi connectivity index (χ0) is 43.2. The van der Waals surface area contributed by atoms with Gasteiger partial charge in [0, 0.05) is 123 Å². The fourth-order valence-electron chi connectivity index (χ4n) is 5.76. The van der Waals surface area contributed by atoms with Crippen LogP contribution in [0.5, 0.6) is 0 Å². The molecule has 0 saturated carbocycles. The van der Waals surface area contributed by atoms with Crippen molar-refractivity contribution < 1.29 is 107 Å². The first-order chi connectivity index (χ1) is 29.5. The standard InChI is InChI=1S/C20H13F5N.C10H6FN2.C9H9N2.C9H7N2.4Ir/c1-11-3-6-17(26-10-11)15-4-5-16(21)18(19(15)22)13-7-12(2)8-14(9-13)20(23,24)25;11-9-3-5-13-10(6-9)8-2-1-4-12-7-8;2*1-2-5-11-9(3-1)8-4-6-10-7-8;;;;/h3,5-10H,1-2H3;1,3-7H;1-8,10H;1-3,5-7,10H;;;;/q4*-1;;;;. The van der Waals surface area contributed by atoms with Crippen molar-refractivity contribution in [1.29, 1.82) is 0 Å². The molecule has 8 aromatic rings. The number of pyridine rings is 5. The zero-order valence-electron chi connectivity index (χ0n) is 33.9. The minimum atomic E-state index is -4.62. The Morgan fingerprint density at radius 1 is 0.677 bits per heavy atom. The maximum absolute atomic E-state index is 15.0. The van der Waals surface area contributed by atoms with E-state index in [9.17, 15) is 26.3 Å². The number of nitrogens with one attached hydrogen (secondary N) is 2. The predicted octanol–water partition coefficient (Wildman–Crippen LogP) is 11.5. The molecule has 9 rings (SSSR count). The summed E-state index contributed by atoms with van der Waals surface area (Å²) >= 11 is 0. The smallest absolute Gasteiger partial charge is 0.416 e. The molecule has 17 heteroatoms. The summed E-state index contributed by atoms with van der Waals surface area (Å²) in [5.41, 5.74) is 3.83. The van der Waals surface area contributed by atoms with Gasteiger partial charge >= 0.3 is 6.18 Å². The molecule has 0 spiro atoms. The molecule has 1 aliphatic heterocycles. The third-order valence-corrected chi connectivity index (χ3v) is 8.67. The van der Waals surface area contributed by atoms with E-state index in [0.717, 1.165) is 40.7 Å². The summed E-state index contributed by atoms with van der Waals surface area (Å²) in [5.74, 6) is -1.95. The summed E-state index contributed by atoms with van der Waals surface area (Å²) < 4.78 is 81.2. The van der Waals surface area contributed by atoms with Crippen molar-refractivity contribution in [2.45, 2.75) is 25.9 Å². The second-order valence-corrected chi connectivity index (χ2v) is 13.2. The Hall–Kier alpha value is -4.81. The van der Waals surface area contributed by atoms with E-state index < -0.39 is 28.9 Å². The molecule has 2 aromatic carbocycles. The van der Waals surface area contributed by atoms with Crippen LogP contribution in [0.2, 0.25) is 0 Å². The molecular weight excluding hydrogens is 1560 g/mol. The van der Waals surface area contributed by atoms with Crippen molar-refractivity contribution in [3.63, 3.8) is 0 Å². The summed E-state index contributed by atoms with van der Waals surface area (Å²) in [6, 6.07) is 31.7. The van der Waals surface area contributed by atoms with Crippen LogP contribution < -0.4 is 5.32 Å². The Morgan fingerprint density at radius 3 is 2.02 bits per heavy atom. The monoisotopic (exact) mass is 1600 g/mol. The molecule has 2 N–H and O–H groups in total. The minimum absolute atomic E-state index is 0. The average Bonchev–Trinajstić information content (AvgIpc) is 4.02. The Kier molecular flexibility index (Phi) is 23.9. The fourth-order valence-corrected chi connectivity index (χ4v) is 5.76. The molecule has 6 aromatic heterocycles. The number of hydrogen-bond acceptors (Lipinski definition) is 6. The van der Waals surface area contributed by atoms with E-state index >= 15 is 0 Å². The van der Waals surface area contributed by atoms with E-state index in [1.165, 1.54) is 37.5 Å². The van der Waals surface area contributed by atoms with E-state index in [2.05, 4.69) is 59.5 Å². The van der Waals surface area contributed by atoms with Crippen LogP contribution in [0.25, 0.3) is 44.9 Å². The van der Waals surface area contributed by atoms with Crippen LogP contribution in [-0.2, 0) is 86.6 Å². The molecule has 1 aliphatic rings. The largest absolute Gasteiger partial charge is 0.541 e. The molecule has 0 fully saturated rings. The van der Waals surface area contributed by atoms with Gasteiger partial charge in [0.1, 0.15) is 5.82 Å². The first kappa shape index (κ1) is 56.3. The number of halogens is 6. The van der Waals surface area contributed by atoms with Crippen molar-refractivity contribution in [2.75, 3.05) is 0 Å². The van der Waals surface area contributed by atoms with Gasteiger partial charge in [0.05, 0.1) is 5.56 Å². The summed E-state index contributed by atoms with van der Waals surface area (Å²) in [7, 11) is 0. The number of alkyl halides is 3. The average molecular weight is 1590 g/mol. The second kappa shape index (κ2) is 27.6. The molecule has 0 amide bonds. The number of aromatic amines is 1. The maximum Gasteiger partial charge on any atom is 0.416 e. The second-order valence-electron chi connectivity index (χ2n) is 13.2. The number of aryl methyl sites for hydroxylation is 2. The molecule has 1 unspecified atom stereocenters. The van der Waals surface area contributed by atoms with E-state index in [1.807, 2.05) is 61.5 Å². The number of benzene rings is 2. The van der Waals surface area contributed by atoms with Crippen molar-refractivity contribution in [3.8, 4) is 44.9 Å². The van der Waals surface area contributed by atoms with Crippen LogP contribution in [0.3, 0.4) is 0 Å². The Bertz CT molecular complexity index is 2640. The molecule has 0 saturated heterocycles. The van der Waals surface area contributed by atoms with Crippen LogP contribution in [0, 0.1) is 56.0 Å². The van der Waals surface area contributed by atoms with Crippen LogP contribution in [0.15, 0.2) is 153 Å². The van der Waals surface area contributed by atoms with Crippen LogP contribution in [0.1, 0.15) is 28.3 Å². The fraction of sp³-hybridized carbons (Fsp3) is 0.0833. The van der Waals surface area contributed by atoms with Crippen molar-refractivity contribution in [1.82, 2.24) is 35.2 Å². The minimum Gasteiger partial charge on any atom is -0.541 e. The van der Waals surface area contributed by atoms with Crippen LogP contribution in [-0.4, -0.2) is 29.9 Å². The third kappa shape index (κ3) is 16.5. The number of H-pyrrole nitrogens is 1. The van der Waals surface area contributed by atoms with E-state index in [-0.39, 0.29) is 109 Å². The van der Waals surface area contributed by atoms with E-state index in [4.69, 9.17) is 0 Å². The number of rotatable bonds is 5. The van der Waals surface area contributed by atoms with Gasteiger partial charge in [-0.25, -0.2) is 10.9 Å². The first-order valence-electron chi connectivity index (χ1n) is 18.5. The van der Waals surface area contributed by atoms with Crippen molar-refractivity contribution in [2.24, 2.45) is 0 Å². The van der Waals surface area contributed by atoms with E-state index in [1.54, 1.807) is 49.9 Å². The molecular formula is C48H35F6Ir4N7-4. The van der Waals surface area contributed by atoms with Gasteiger partial charge in [-0.15, -0.1) is 36.0 Å². The van der Waals surface area contributed by atoms with Gasteiger partial charge in [-0.05, 0) is 102 Å². The summed E-state index contributed by atoms with van der Waals surface area (Å²) in [6.45, 7) is 5.26. The zero-order valence-corrected chi connectivity index (χ0v) is 43.5. The van der Waals surface area contributed by atoms with E-state index in [0.29, 0.717) is 17.2 Å². The van der Waals surface area contributed by atoms with Gasteiger partial charge in [-0.1, -0.05) is 72.5 Å². The van der Waals surface area contributed by atoms with Crippen molar-refractivity contribution in [3.05, 3.63) is 217 Å². The molecule has 0 aliphatic carbocycles. The quantitative estimate of drug-likeness (QED) is 0.132. The molecule has 344 valence electrons. The summed E-state index contributed by atoms with van der Waals surface area (Å²) in [5, 5.41) is 3.03. The first-order valence-corrected chi connectivity index (χ1v) is 18.5. The van der Waals surface area contributed by atoms with Gasteiger partial charge in [0.2, 0.25) is 0 Å². The Balaban J connectivity index is 0.000000315. The number of aromatic nitrogens is 6. The Morgan fingerprint density at radius 2 is 1.43 bits per heavy atom. The topological polar surface area (TPSA) is 92.3 Å². The number of hydrogen-bond donors (Lipinski definition) is 2. The summed E-state index contributed by atoms with van der Waals surface area (Å²) in [6.07, 6.45) is 12.8. The van der Waals surface area contributed by atoms with Crippen LogP contribution >= 0.6 is 0 Å². The van der Waals surface area contributed by atoms with Gasteiger partial charge < -0.3 is 30.2 Å². The van der Waals surface area contributed by atoms with Gasteiger partial charge in [0.25, 0.3) is 0 Å². The molecule has 4 radical (unpaired) electrons. The van der Waals surface area contributed by atoms with Gasteiger partial charge in [0.15, 0.2) is 0 Å². The third-order valence-electron chi connectivity index (χ3n) is 8.67. The molecule has 7 heterocycles. The normalized spacial score (nSPS) is 12.0. The van der Waals surface area contributed by atoms with Gasteiger partial charge in [-0.3, -0.25) is 13.8 Å². The molecule has 0 bridgehead atoms. The summed E-state index contributed by atoms with van der Waals surface area (Å²) in [4.78, 5) is 23.3. The Labute approximate surface area is 426 Å². The maximum atomic E-state index is 15.0. The number of nitrogens with zero attached hydrogens (tertiary/aromatic N) is 5.